The number of amides is 2. The van der Waals surface area contributed by atoms with Gasteiger partial charge >= 0.3 is 0 Å². The van der Waals surface area contributed by atoms with Gasteiger partial charge in [0.1, 0.15) is 0 Å². The third-order valence-corrected chi connectivity index (χ3v) is 10.8. The minimum Gasteiger partial charge on any atom is -0.369 e. The van der Waals surface area contributed by atoms with Crippen molar-refractivity contribution < 1.29 is 19.5 Å². The van der Waals surface area contributed by atoms with Crippen LogP contribution in [0.15, 0.2) is 97.1 Å². The standard InChI is InChI=1S/C40H32N2O4/c1-22(43)26-14-15-27-29-17-19-32-36-35(29)30(28-16-18-31(33(26)34(27)28)37(44)41-24-8-4-2-5-9-24)20-21-40(36,23-12-13-23)39(46)42(38(32)45)25-10-6-3-7-11-25/h2-11,14-19,23,30,37,41,44H,12-13,20-21H2,1H3. The van der Waals surface area contributed by atoms with E-state index in [2.05, 4.69) is 11.4 Å². The second-order valence-electron chi connectivity index (χ2n) is 13.2. The van der Waals surface area contributed by atoms with Crippen molar-refractivity contribution in [3.8, 4) is 11.1 Å². The molecule has 3 unspecified atom stereocenters. The number of nitrogens with one attached hydrogen (secondary N) is 1. The first-order chi connectivity index (χ1) is 22.4. The van der Waals surface area contributed by atoms with Crippen LogP contribution in [0.25, 0.3) is 21.9 Å². The van der Waals surface area contributed by atoms with Crippen LogP contribution in [0.5, 0.6) is 0 Å². The molecule has 1 heterocycles. The van der Waals surface area contributed by atoms with Crippen molar-refractivity contribution in [2.24, 2.45) is 5.92 Å². The van der Waals surface area contributed by atoms with E-state index in [0.717, 1.165) is 63.5 Å². The fourth-order valence-electron chi connectivity index (χ4n) is 8.78. The summed E-state index contributed by atoms with van der Waals surface area (Å²) in [7, 11) is 0. The zero-order valence-electron chi connectivity index (χ0n) is 25.4. The maximum Gasteiger partial charge on any atom is 0.265 e. The lowest BCUT2D eigenvalue weighted by Gasteiger charge is -2.49. The highest BCUT2D eigenvalue weighted by Gasteiger charge is 2.61. The van der Waals surface area contributed by atoms with Crippen LogP contribution in [0.3, 0.4) is 0 Å². The number of aliphatic hydroxyl groups excluding tert-OH is 1. The van der Waals surface area contributed by atoms with Gasteiger partial charge < -0.3 is 10.4 Å². The van der Waals surface area contributed by atoms with Gasteiger partial charge in [0.15, 0.2) is 12.0 Å². The molecule has 1 aliphatic heterocycles. The Hall–Kier alpha value is -5.07. The van der Waals surface area contributed by atoms with Gasteiger partial charge in [-0.05, 0) is 102 Å². The van der Waals surface area contributed by atoms with Crippen LogP contribution >= 0.6 is 0 Å². The smallest absolute Gasteiger partial charge is 0.265 e. The van der Waals surface area contributed by atoms with E-state index in [0.29, 0.717) is 28.8 Å². The average molecular weight is 605 g/mol. The van der Waals surface area contributed by atoms with Gasteiger partial charge in [-0.1, -0.05) is 66.7 Å². The third-order valence-electron chi connectivity index (χ3n) is 10.8. The lowest BCUT2D eigenvalue weighted by Crippen LogP contribution is -2.58. The molecule has 9 rings (SSSR count). The molecule has 46 heavy (non-hydrogen) atoms. The number of nitrogens with zero attached hydrogens (tertiary/aromatic N) is 1. The Kier molecular flexibility index (Phi) is 5.76. The number of hydrogen-bond acceptors (Lipinski definition) is 5. The van der Waals surface area contributed by atoms with Gasteiger partial charge in [-0.3, -0.25) is 14.4 Å². The van der Waals surface area contributed by atoms with E-state index >= 15 is 0 Å². The lowest BCUT2D eigenvalue weighted by atomic mass is 9.56. The number of hydrogen-bond donors (Lipinski definition) is 2. The first-order valence-electron chi connectivity index (χ1n) is 16.1. The minimum absolute atomic E-state index is 0.0359. The highest BCUT2D eigenvalue weighted by Crippen LogP contribution is 2.63. The molecule has 0 bridgehead atoms. The first-order valence-corrected chi connectivity index (χ1v) is 16.1. The molecule has 0 radical (unpaired) electrons. The summed E-state index contributed by atoms with van der Waals surface area (Å²) in [5, 5.41) is 16.4. The molecule has 6 heteroatoms. The van der Waals surface area contributed by atoms with Crippen LogP contribution in [0.4, 0.5) is 11.4 Å². The summed E-state index contributed by atoms with van der Waals surface area (Å²) in [4.78, 5) is 43.4. The number of anilines is 2. The Morgan fingerprint density at radius 3 is 2.24 bits per heavy atom. The van der Waals surface area contributed by atoms with Gasteiger partial charge in [-0.15, -0.1) is 0 Å². The summed E-state index contributed by atoms with van der Waals surface area (Å²) in [6.45, 7) is 1.57. The van der Waals surface area contributed by atoms with E-state index in [1.807, 2.05) is 91.0 Å². The van der Waals surface area contributed by atoms with E-state index < -0.39 is 11.6 Å². The topological polar surface area (TPSA) is 86.7 Å². The van der Waals surface area contributed by atoms with Crippen LogP contribution in [0.1, 0.15) is 87.7 Å². The molecular weight excluding hydrogens is 572 g/mol. The molecular formula is C40H32N2O4. The summed E-state index contributed by atoms with van der Waals surface area (Å²) >= 11 is 0. The number of imide groups is 1. The normalized spacial score (nSPS) is 21.6. The molecule has 2 amide bonds. The van der Waals surface area contributed by atoms with E-state index in [1.54, 1.807) is 6.92 Å². The lowest BCUT2D eigenvalue weighted by molar-refractivity contribution is -0.125. The van der Waals surface area contributed by atoms with E-state index in [4.69, 9.17) is 0 Å². The largest absolute Gasteiger partial charge is 0.369 e. The fourth-order valence-corrected chi connectivity index (χ4v) is 8.78. The highest BCUT2D eigenvalue weighted by atomic mass is 16.3. The number of carbonyl (C=O) groups excluding carboxylic acids is 3. The van der Waals surface area contributed by atoms with E-state index in [1.165, 1.54) is 4.90 Å². The number of rotatable bonds is 6. The number of Topliss-reactive ketones (excluding diaryl/α,β-unsaturated/α-hetero) is 1. The maximum atomic E-state index is 14.7. The second-order valence-corrected chi connectivity index (χ2v) is 13.2. The molecule has 1 fully saturated rings. The number of benzene rings is 5. The molecule has 0 spiro atoms. The summed E-state index contributed by atoms with van der Waals surface area (Å²) in [5.74, 6) is -0.264. The molecule has 1 saturated carbocycles. The molecule has 226 valence electrons. The Morgan fingerprint density at radius 1 is 0.826 bits per heavy atom. The maximum absolute atomic E-state index is 14.7. The summed E-state index contributed by atoms with van der Waals surface area (Å²) in [5.41, 5.74) is 7.56. The van der Waals surface area contributed by atoms with Gasteiger partial charge in [-0.2, -0.15) is 0 Å². The number of para-hydroxylation sites is 2. The quantitative estimate of drug-likeness (QED) is 0.117. The van der Waals surface area contributed by atoms with Crippen LogP contribution in [0, 0.1) is 5.92 Å². The summed E-state index contributed by atoms with van der Waals surface area (Å²) in [6, 6.07) is 30.7. The molecule has 0 saturated heterocycles. The number of fused-ring (bicyclic) bond motifs is 2. The van der Waals surface area contributed by atoms with Crippen LogP contribution in [-0.2, 0) is 10.2 Å². The molecule has 4 aliphatic rings. The molecule has 6 nitrogen and oxygen atoms in total. The highest BCUT2D eigenvalue weighted by molar-refractivity contribution is 6.28. The summed E-state index contributed by atoms with van der Waals surface area (Å²) < 4.78 is 0. The number of carbonyl (C=O) groups is 3. The minimum atomic E-state index is -1.04. The Balaban J connectivity index is 1.29. The summed E-state index contributed by atoms with van der Waals surface area (Å²) in [6.07, 6.45) is 2.32. The Bertz CT molecular complexity index is 2140. The predicted molar refractivity (Wildman–Crippen MR) is 178 cm³/mol. The van der Waals surface area contributed by atoms with Crippen LogP contribution < -0.4 is 10.2 Å². The van der Waals surface area contributed by atoms with Crippen molar-refractivity contribution in [3.05, 3.63) is 130 Å². The van der Waals surface area contributed by atoms with Crippen molar-refractivity contribution in [3.63, 3.8) is 0 Å². The SMILES string of the molecule is CC(=O)c1ccc2c3c(ccc(C(O)Nc4ccccc4)c13)C1CCC3(C4CC4)C(=O)N(c4ccccc4)C(=O)c4ccc-2c1c43. The van der Waals surface area contributed by atoms with Gasteiger partial charge in [0.2, 0.25) is 5.91 Å². The average Bonchev–Trinajstić information content (AvgIpc) is 3.93. The second kappa shape index (κ2) is 9.71. The molecule has 5 aromatic carbocycles. The monoisotopic (exact) mass is 604 g/mol. The van der Waals surface area contributed by atoms with Crippen molar-refractivity contribution in [1.82, 2.24) is 0 Å². The molecule has 0 aromatic heterocycles. The van der Waals surface area contributed by atoms with E-state index in [-0.39, 0.29) is 29.4 Å². The predicted octanol–water partition coefficient (Wildman–Crippen LogP) is 7.89. The van der Waals surface area contributed by atoms with Gasteiger partial charge in [0, 0.05) is 33.7 Å². The first kappa shape index (κ1) is 27.3. The third kappa shape index (κ3) is 3.59. The number of ketones is 1. The van der Waals surface area contributed by atoms with Crippen LogP contribution in [-0.4, -0.2) is 22.7 Å². The van der Waals surface area contributed by atoms with Crippen molar-refractivity contribution in [2.45, 2.75) is 50.2 Å². The fraction of sp³-hybridized carbons (Fsp3) is 0.225. The van der Waals surface area contributed by atoms with Crippen molar-refractivity contribution >= 4 is 39.7 Å². The Labute approximate surface area is 266 Å². The Morgan fingerprint density at radius 2 is 1.52 bits per heavy atom. The molecule has 2 N–H and O–H groups in total. The van der Waals surface area contributed by atoms with Crippen molar-refractivity contribution in [1.29, 1.82) is 0 Å². The van der Waals surface area contributed by atoms with Gasteiger partial charge in [-0.25, -0.2) is 4.90 Å². The molecule has 3 aliphatic carbocycles. The number of aliphatic hydroxyl groups is 1. The van der Waals surface area contributed by atoms with E-state index in [9.17, 15) is 19.5 Å². The molecule has 3 atom stereocenters. The van der Waals surface area contributed by atoms with Crippen molar-refractivity contribution in [2.75, 3.05) is 10.2 Å². The molecule has 5 aromatic rings. The van der Waals surface area contributed by atoms with Crippen LogP contribution in [0.2, 0.25) is 0 Å². The zero-order valence-corrected chi connectivity index (χ0v) is 25.4. The zero-order chi connectivity index (χ0) is 31.3. The van der Waals surface area contributed by atoms with Gasteiger partial charge in [0.05, 0.1) is 11.1 Å². The van der Waals surface area contributed by atoms with Gasteiger partial charge in [0.25, 0.3) is 5.91 Å².